The molecule has 4 unspecified atom stereocenters. The number of carbonyl (C=O) groups excluding carboxylic acids is 1. The van der Waals surface area contributed by atoms with Gasteiger partial charge in [-0.1, -0.05) is 13.8 Å². The van der Waals surface area contributed by atoms with Gasteiger partial charge in [-0.05, 0) is 30.6 Å². The normalized spacial score (nSPS) is 43.8. The molecule has 2 fully saturated rings. The third-order valence-corrected chi connectivity index (χ3v) is 3.26. The predicted molar refractivity (Wildman–Crippen MR) is 47.6 cm³/mol. The Bertz CT molecular complexity index is 202. The molecule has 0 bridgehead atoms. The van der Waals surface area contributed by atoms with Crippen molar-refractivity contribution < 1.29 is 4.79 Å². The molecule has 0 saturated heterocycles. The fourth-order valence-electron chi connectivity index (χ4n) is 1.73. The molecule has 0 aromatic rings. The fraction of sp³-hybridized carbons (Fsp3) is 0.900. The van der Waals surface area contributed by atoms with E-state index in [1.165, 1.54) is 6.42 Å². The lowest BCUT2D eigenvalue weighted by atomic mass is 10.3. The van der Waals surface area contributed by atoms with Crippen molar-refractivity contribution in [3.63, 3.8) is 0 Å². The molecule has 2 aliphatic rings. The lowest BCUT2D eigenvalue weighted by Gasteiger charge is -2.02. The Hall–Kier alpha value is -0.530. The first-order valence-electron chi connectivity index (χ1n) is 4.96. The average molecular weight is 167 g/mol. The second-order valence-corrected chi connectivity index (χ2v) is 4.54. The minimum absolute atomic E-state index is 0.293. The summed E-state index contributed by atoms with van der Waals surface area (Å²) in [5.74, 6) is 2.91. The molecule has 0 radical (unpaired) electrons. The zero-order chi connectivity index (χ0) is 8.72. The van der Waals surface area contributed by atoms with Crippen LogP contribution in [0.3, 0.4) is 0 Å². The second-order valence-electron chi connectivity index (χ2n) is 4.54. The second kappa shape index (κ2) is 2.75. The first-order chi connectivity index (χ1) is 5.68. The Labute approximate surface area is 73.7 Å². The number of nitrogens with one attached hydrogen (secondary N) is 1. The zero-order valence-corrected chi connectivity index (χ0v) is 7.84. The van der Waals surface area contributed by atoms with Crippen LogP contribution < -0.4 is 5.32 Å². The van der Waals surface area contributed by atoms with Gasteiger partial charge in [-0.2, -0.15) is 0 Å². The minimum atomic E-state index is 0.293. The molecule has 2 rings (SSSR count). The molecule has 2 aliphatic carbocycles. The molecule has 0 spiro atoms. The van der Waals surface area contributed by atoms with Crippen molar-refractivity contribution in [2.75, 3.05) is 6.54 Å². The van der Waals surface area contributed by atoms with Crippen LogP contribution in [0, 0.1) is 23.7 Å². The van der Waals surface area contributed by atoms with Crippen LogP contribution in [-0.2, 0) is 4.79 Å². The molecule has 0 aromatic heterocycles. The van der Waals surface area contributed by atoms with Gasteiger partial charge in [0, 0.05) is 12.5 Å². The van der Waals surface area contributed by atoms with Crippen molar-refractivity contribution in [3.8, 4) is 0 Å². The van der Waals surface area contributed by atoms with Gasteiger partial charge >= 0.3 is 0 Å². The van der Waals surface area contributed by atoms with Gasteiger partial charge in [-0.25, -0.2) is 0 Å². The predicted octanol–water partition coefficient (Wildman–Crippen LogP) is 1.41. The Morgan fingerprint density at radius 2 is 1.92 bits per heavy atom. The summed E-state index contributed by atoms with van der Waals surface area (Å²) >= 11 is 0. The van der Waals surface area contributed by atoms with E-state index in [9.17, 15) is 4.79 Å². The summed E-state index contributed by atoms with van der Waals surface area (Å²) in [5, 5.41) is 3.03. The molecular formula is C10H17NO. The summed E-state index contributed by atoms with van der Waals surface area (Å²) < 4.78 is 0. The van der Waals surface area contributed by atoms with Crippen LogP contribution in [0.2, 0.25) is 0 Å². The topological polar surface area (TPSA) is 29.1 Å². The van der Waals surface area contributed by atoms with Crippen LogP contribution in [0.4, 0.5) is 0 Å². The van der Waals surface area contributed by atoms with Gasteiger partial charge in [0.05, 0.1) is 0 Å². The lowest BCUT2D eigenvalue weighted by molar-refractivity contribution is -0.122. The molecule has 0 aliphatic heterocycles. The van der Waals surface area contributed by atoms with Gasteiger partial charge in [-0.3, -0.25) is 4.79 Å². The summed E-state index contributed by atoms with van der Waals surface area (Å²) in [6.07, 6.45) is 2.41. The third kappa shape index (κ3) is 1.62. The van der Waals surface area contributed by atoms with E-state index in [2.05, 4.69) is 19.2 Å². The molecule has 4 atom stereocenters. The van der Waals surface area contributed by atoms with E-state index in [0.29, 0.717) is 17.7 Å². The molecule has 0 aromatic carbocycles. The Morgan fingerprint density at radius 3 is 2.33 bits per heavy atom. The van der Waals surface area contributed by atoms with Crippen molar-refractivity contribution in [2.24, 2.45) is 23.7 Å². The summed E-state index contributed by atoms with van der Waals surface area (Å²) in [5.41, 5.74) is 0. The van der Waals surface area contributed by atoms with Gasteiger partial charge in [-0.15, -0.1) is 0 Å². The number of carbonyl (C=O) groups is 1. The maximum atomic E-state index is 11.3. The maximum Gasteiger partial charge on any atom is 0.223 e. The molecule has 12 heavy (non-hydrogen) atoms. The molecule has 2 heteroatoms. The summed E-state index contributed by atoms with van der Waals surface area (Å²) in [6, 6.07) is 0. The number of amides is 1. The summed E-state index contributed by atoms with van der Waals surface area (Å²) in [7, 11) is 0. The molecule has 2 saturated carbocycles. The van der Waals surface area contributed by atoms with Crippen molar-refractivity contribution >= 4 is 5.91 Å². The highest BCUT2D eigenvalue weighted by Gasteiger charge is 2.40. The Balaban J connectivity index is 1.63. The van der Waals surface area contributed by atoms with Crippen LogP contribution in [-0.4, -0.2) is 12.5 Å². The Morgan fingerprint density at radius 1 is 1.33 bits per heavy atom. The SMILES string of the molecule is CC1CC1CNC(=O)C1CC1C. The number of hydrogen-bond acceptors (Lipinski definition) is 1. The quantitative estimate of drug-likeness (QED) is 0.676. The molecule has 2 nitrogen and oxygen atoms in total. The van der Waals surface area contributed by atoms with Crippen LogP contribution in [0.15, 0.2) is 0 Å². The van der Waals surface area contributed by atoms with Gasteiger partial charge in [0.1, 0.15) is 0 Å². The molecule has 68 valence electrons. The van der Waals surface area contributed by atoms with Crippen LogP contribution in [0.25, 0.3) is 0 Å². The van der Waals surface area contributed by atoms with Gasteiger partial charge in [0.25, 0.3) is 0 Å². The van der Waals surface area contributed by atoms with Crippen molar-refractivity contribution in [1.29, 1.82) is 0 Å². The molecule has 1 amide bonds. The average Bonchev–Trinajstić information content (AvgIpc) is 2.87. The van der Waals surface area contributed by atoms with E-state index in [1.807, 2.05) is 0 Å². The minimum Gasteiger partial charge on any atom is -0.356 e. The van der Waals surface area contributed by atoms with Crippen LogP contribution in [0.1, 0.15) is 26.7 Å². The third-order valence-electron chi connectivity index (χ3n) is 3.26. The highest BCUT2D eigenvalue weighted by molar-refractivity contribution is 5.81. The lowest BCUT2D eigenvalue weighted by Crippen LogP contribution is -2.27. The standard InChI is InChI=1S/C10H17NO/c1-6-3-8(6)5-11-10(12)9-4-7(9)2/h6-9H,3-5H2,1-2H3,(H,11,12). The van der Waals surface area contributed by atoms with Crippen LogP contribution in [0.5, 0.6) is 0 Å². The number of hydrogen-bond donors (Lipinski definition) is 1. The smallest absolute Gasteiger partial charge is 0.223 e. The molecule has 1 N–H and O–H groups in total. The van der Waals surface area contributed by atoms with Crippen molar-refractivity contribution in [1.82, 2.24) is 5.32 Å². The van der Waals surface area contributed by atoms with Crippen LogP contribution >= 0.6 is 0 Å². The Kier molecular flexibility index (Phi) is 1.85. The van der Waals surface area contributed by atoms with E-state index >= 15 is 0 Å². The van der Waals surface area contributed by atoms with E-state index < -0.39 is 0 Å². The number of rotatable bonds is 3. The van der Waals surface area contributed by atoms with E-state index in [-0.39, 0.29) is 0 Å². The van der Waals surface area contributed by atoms with Gasteiger partial charge in [0.2, 0.25) is 5.91 Å². The fourth-order valence-corrected chi connectivity index (χ4v) is 1.73. The molecular weight excluding hydrogens is 150 g/mol. The van der Waals surface area contributed by atoms with E-state index in [0.717, 1.165) is 24.8 Å². The monoisotopic (exact) mass is 167 g/mol. The van der Waals surface area contributed by atoms with Gasteiger partial charge in [0.15, 0.2) is 0 Å². The van der Waals surface area contributed by atoms with E-state index in [1.54, 1.807) is 0 Å². The highest BCUT2D eigenvalue weighted by Crippen LogP contribution is 2.39. The van der Waals surface area contributed by atoms with Crippen molar-refractivity contribution in [2.45, 2.75) is 26.7 Å². The largest absolute Gasteiger partial charge is 0.356 e. The highest BCUT2D eigenvalue weighted by atomic mass is 16.2. The first kappa shape index (κ1) is 8.09. The summed E-state index contributed by atoms with van der Waals surface area (Å²) in [4.78, 5) is 11.3. The summed E-state index contributed by atoms with van der Waals surface area (Å²) in [6.45, 7) is 5.31. The van der Waals surface area contributed by atoms with E-state index in [4.69, 9.17) is 0 Å². The zero-order valence-electron chi connectivity index (χ0n) is 7.84. The van der Waals surface area contributed by atoms with Crippen molar-refractivity contribution in [3.05, 3.63) is 0 Å². The maximum absolute atomic E-state index is 11.3. The van der Waals surface area contributed by atoms with Gasteiger partial charge < -0.3 is 5.32 Å². The molecule has 0 heterocycles. The first-order valence-corrected chi connectivity index (χ1v) is 4.96.